The van der Waals surface area contributed by atoms with Crippen LogP contribution in [0.1, 0.15) is 59.8 Å². The fourth-order valence-electron chi connectivity index (χ4n) is 7.72. The van der Waals surface area contributed by atoms with E-state index < -0.39 is 8.32 Å². The third kappa shape index (κ3) is 3.85. The van der Waals surface area contributed by atoms with Gasteiger partial charge in [0.15, 0.2) is 0 Å². The number of carbonyl (C=O) groups excluding carboxylic acids is 1. The largest absolute Gasteiger partial charge is 0.407 e. The molecule has 3 aliphatic rings. The van der Waals surface area contributed by atoms with Crippen LogP contribution in [0.2, 0.25) is 5.04 Å². The Hall–Kier alpha value is -1.97. The minimum Gasteiger partial charge on any atom is -0.407 e. The van der Waals surface area contributed by atoms with Crippen LogP contribution in [0.25, 0.3) is 0 Å². The van der Waals surface area contributed by atoms with Gasteiger partial charge < -0.3 is 4.43 Å². The van der Waals surface area contributed by atoms with Crippen LogP contribution < -0.4 is 10.4 Å². The van der Waals surface area contributed by atoms with Crippen molar-refractivity contribution in [2.75, 3.05) is 6.61 Å². The third-order valence-corrected chi connectivity index (χ3v) is 14.1. The number of benzene rings is 2. The summed E-state index contributed by atoms with van der Waals surface area (Å²) in [6.07, 6.45) is 10.1. The molecule has 2 aromatic carbocycles. The Morgan fingerprint density at radius 2 is 1.50 bits per heavy atom. The van der Waals surface area contributed by atoms with Gasteiger partial charge in [-0.2, -0.15) is 0 Å². The van der Waals surface area contributed by atoms with E-state index in [1.165, 1.54) is 16.8 Å². The Morgan fingerprint density at radius 1 is 0.912 bits per heavy atom. The quantitative estimate of drug-likeness (QED) is 0.262. The Balaban J connectivity index is 1.30. The smallest absolute Gasteiger partial charge is 0.261 e. The molecule has 0 heterocycles. The van der Waals surface area contributed by atoms with Crippen LogP contribution in [0, 0.1) is 29.1 Å². The number of hydrogen-bond donors (Lipinski definition) is 0. The molecule has 2 saturated carbocycles. The number of unbranched alkanes of at least 4 members (excludes halogenated alkanes) is 1. The zero-order valence-corrected chi connectivity index (χ0v) is 22.3. The molecule has 0 aromatic heterocycles. The molecule has 0 amide bonds. The van der Waals surface area contributed by atoms with E-state index in [2.05, 4.69) is 101 Å². The van der Waals surface area contributed by atoms with E-state index in [0.29, 0.717) is 29.5 Å². The Labute approximate surface area is 206 Å². The van der Waals surface area contributed by atoms with Gasteiger partial charge in [-0.1, -0.05) is 107 Å². The summed E-state index contributed by atoms with van der Waals surface area (Å²) in [6.45, 7) is 10.2. The minimum atomic E-state index is -2.46. The van der Waals surface area contributed by atoms with Gasteiger partial charge in [-0.15, -0.1) is 0 Å². The van der Waals surface area contributed by atoms with E-state index in [9.17, 15) is 4.79 Å². The fourth-order valence-corrected chi connectivity index (χ4v) is 12.3. The predicted octanol–water partition coefficient (Wildman–Crippen LogP) is 6.15. The first-order valence-corrected chi connectivity index (χ1v) is 15.1. The highest BCUT2D eigenvalue weighted by Crippen LogP contribution is 2.62. The maximum atomic E-state index is 12.9. The van der Waals surface area contributed by atoms with E-state index in [0.717, 1.165) is 32.3 Å². The predicted molar refractivity (Wildman–Crippen MR) is 143 cm³/mol. The molecule has 0 saturated heterocycles. The molecular formula is C31H40O2Si. The van der Waals surface area contributed by atoms with Crippen molar-refractivity contribution in [3.05, 3.63) is 72.8 Å². The topological polar surface area (TPSA) is 26.3 Å². The van der Waals surface area contributed by atoms with Crippen LogP contribution in [0.3, 0.4) is 0 Å². The van der Waals surface area contributed by atoms with E-state index in [1.807, 2.05) is 0 Å². The number of allylic oxidation sites excluding steroid dienone is 2. The molecular weight excluding hydrogens is 432 g/mol. The number of carbonyl (C=O) groups is 1. The molecule has 180 valence electrons. The Morgan fingerprint density at radius 3 is 2.09 bits per heavy atom. The highest BCUT2D eigenvalue weighted by atomic mass is 28.4. The van der Waals surface area contributed by atoms with E-state index >= 15 is 0 Å². The van der Waals surface area contributed by atoms with Crippen molar-refractivity contribution < 1.29 is 9.22 Å². The molecule has 2 nitrogen and oxygen atoms in total. The van der Waals surface area contributed by atoms with Crippen molar-refractivity contribution in [3.8, 4) is 0 Å². The van der Waals surface area contributed by atoms with Crippen molar-refractivity contribution in [1.29, 1.82) is 0 Å². The van der Waals surface area contributed by atoms with Gasteiger partial charge in [-0.25, -0.2) is 0 Å². The number of rotatable bonds is 8. The lowest BCUT2D eigenvalue weighted by Gasteiger charge is -2.43. The number of fused-ring (bicyclic) bond motifs is 5. The first-order chi connectivity index (χ1) is 16.3. The van der Waals surface area contributed by atoms with Crippen LogP contribution in [0.4, 0.5) is 0 Å². The molecule has 0 unspecified atom stereocenters. The van der Waals surface area contributed by atoms with Crippen LogP contribution in [-0.4, -0.2) is 20.7 Å². The molecule has 0 N–H and O–H groups in total. The summed E-state index contributed by atoms with van der Waals surface area (Å²) in [5.41, 5.74) is 0.170. The molecule has 2 fully saturated rings. The molecule has 3 aliphatic carbocycles. The summed E-state index contributed by atoms with van der Waals surface area (Å²) in [6, 6.07) is 21.8. The van der Waals surface area contributed by atoms with Crippen molar-refractivity contribution in [2.24, 2.45) is 29.1 Å². The molecule has 0 spiro atoms. The van der Waals surface area contributed by atoms with Crippen molar-refractivity contribution in [2.45, 2.75) is 64.8 Å². The van der Waals surface area contributed by atoms with Gasteiger partial charge in [0.1, 0.15) is 5.78 Å². The summed E-state index contributed by atoms with van der Waals surface area (Å²) in [5.74, 6) is 2.59. The molecule has 0 aliphatic heterocycles. The molecule has 2 aromatic rings. The summed E-state index contributed by atoms with van der Waals surface area (Å²) in [5, 5.41) is 2.71. The number of Topliss-reactive ketones (excluding diaryl/α,β-unsaturated/α-hetero) is 1. The van der Waals surface area contributed by atoms with Gasteiger partial charge >= 0.3 is 0 Å². The molecule has 2 bridgehead atoms. The van der Waals surface area contributed by atoms with Gasteiger partial charge in [0, 0.05) is 18.9 Å². The zero-order valence-electron chi connectivity index (χ0n) is 21.3. The second-order valence-electron chi connectivity index (χ2n) is 12.3. The zero-order chi connectivity index (χ0) is 24.0. The monoisotopic (exact) mass is 472 g/mol. The van der Waals surface area contributed by atoms with Gasteiger partial charge in [0.25, 0.3) is 8.32 Å². The van der Waals surface area contributed by atoms with Crippen molar-refractivity contribution in [3.63, 3.8) is 0 Å². The Bertz CT molecular complexity index is 999. The maximum absolute atomic E-state index is 12.9. The minimum absolute atomic E-state index is 0.0161. The lowest BCUT2D eigenvalue weighted by atomic mass is 9.69. The summed E-state index contributed by atoms with van der Waals surface area (Å²) in [7, 11) is -2.46. The summed E-state index contributed by atoms with van der Waals surface area (Å²) >= 11 is 0. The van der Waals surface area contributed by atoms with Crippen LogP contribution in [-0.2, 0) is 9.22 Å². The SMILES string of the molecule is CC(C)(C)[Si](OCCCC[C@]1(C)CC(=O)[C@H]2[C@@H]1[C@H]1C=C[C@@H]2C1)(c1ccccc1)c1ccccc1. The highest BCUT2D eigenvalue weighted by Gasteiger charge is 2.60. The number of hydrogen-bond acceptors (Lipinski definition) is 2. The van der Waals surface area contributed by atoms with E-state index in [-0.39, 0.29) is 10.5 Å². The van der Waals surface area contributed by atoms with Crippen LogP contribution >= 0.6 is 0 Å². The lowest BCUT2D eigenvalue weighted by Crippen LogP contribution is -2.66. The van der Waals surface area contributed by atoms with Crippen molar-refractivity contribution in [1.82, 2.24) is 0 Å². The third-order valence-electron chi connectivity index (χ3n) is 9.09. The van der Waals surface area contributed by atoms with Gasteiger partial charge in [-0.05, 0) is 57.8 Å². The Kier molecular flexibility index (Phi) is 6.23. The first-order valence-electron chi connectivity index (χ1n) is 13.2. The number of ketones is 1. The molecule has 5 rings (SSSR count). The van der Waals surface area contributed by atoms with Crippen LogP contribution in [0.5, 0.6) is 0 Å². The standard InChI is InChI=1S/C31H40O2Si/c1-30(2,3)34(25-13-7-5-8-14-25,26-15-9-6-10-16-26)33-20-12-11-19-31(4)22-27(32)28-23-17-18-24(21-23)29(28)31/h5-10,13-18,23-24,28-29H,11-12,19-22H2,1-4H3/t23-,24+,28+,29+,31-/m1/s1. The van der Waals surface area contributed by atoms with Crippen LogP contribution in [0.15, 0.2) is 72.8 Å². The van der Waals surface area contributed by atoms with Crippen molar-refractivity contribution >= 4 is 24.5 Å². The summed E-state index contributed by atoms with van der Waals surface area (Å²) < 4.78 is 7.08. The maximum Gasteiger partial charge on any atom is 0.261 e. The molecule has 34 heavy (non-hydrogen) atoms. The summed E-state index contributed by atoms with van der Waals surface area (Å²) in [4.78, 5) is 12.9. The highest BCUT2D eigenvalue weighted by molar-refractivity contribution is 6.99. The molecule has 5 atom stereocenters. The van der Waals surface area contributed by atoms with E-state index in [1.54, 1.807) is 0 Å². The second-order valence-corrected chi connectivity index (χ2v) is 16.6. The normalized spacial score (nSPS) is 30.2. The average molecular weight is 473 g/mol. The molecule has 3 heteroatoms. The average Bonchev–Trinajstić information content (AvgIpc) is 3.50. The molecule has 0 radical (unpaired) electrons. The van der Waals surface area contributed by atoms with Gasteiger partial charge in [0.2, 0.25) is 0 Å². The second kappa shape index (κ2) is 8.91. The van der Waals surface area contributed by atoms with E-state index in [4.69, 9.17) is 4.43 Å². The lowest BCUT2D eigenvalue weighted by molar-refractivity contribution is -0.121. The fraction of sp³-hybridized carbons (Fsp3) is 0.516. The van der Waals surface area contributed by atoms with Gasteiger partial charge in [0.05, 0.1) is 0 Å². The first kappa shape index (κ1) is 23.8. The van der Waals surface area contributed by atoms with Gasteiger partial charge in [-0.3, -0.25) is 4.79 Å².